The highest BCUT2D eigenvalue weighted by atomic mass is 16.5. The summed E-state index contributed by atoms with van der Waals surface area (Å²) in [5.41, 5.74) is 2.97. The van der Waals surface area contributed by atoms with Crippen LogP contribution in [0.25, 0.3) is 11.2 Å². The van der Waals surface area contributed by atoms with Crippen molar-refractivity contribution >= 4 is 16.9 Å². The van der Waals surface area contributed by atoms with Gasteiger partial charge in [0.2, 0.25) is 5.89 Å². The van der Waals surface area contributed by atoms with Crippen molar-refractivity contribution in [2.75, 3.05) is 18.0 Å². The van der Waals surface area contributed by atoms with Gasteiger partial charge in [0, 0.05) is 43.6 Å². The molecule has 10 nitrogen and oxygen atoms in total. The van der Waals surface area contributed by atoms with E-state index in [2.05, 4.69) is 42.1 Å². The lowest BCUT2D eigenvalue weighted by Gasteiger charge is -2.21. The fourth-order valence-corrected chi connectivity index (χ4v) is 4.65. The minimum atomic E-state index is -0.175. The van der Waals surface area contributed by atoms with E-state index in [4.69, 9.17) is 4.52 Å². The molecule has 2 fully saturated rings. The zero-order valence-corrected chi connectivity index (χ0v) is 16.6. The highest BCUT2D eigenvalue weighted by molar-refractivity contribution is 5.68. The summed E-state index contributed by atoms with van der Waals surface area (Å²) < 4.78 is 8.59. The third-order valence-electron chi connectivity index (χ3n) is 6.23. The van der Waals surface area contributed by atoms with Gasteiger partial charge in [-0.3, -0.25) is 14.3 Å². The molecule has 5 heterocycles. The van der Waals surface area contributed by atoms with Crippen LogP contribution < -0.4 is 10.5 Å². The fourth-order valence-electron chi connectivity index (χ4n) is 4.65. The minimum Gasteiger partial charge on any atom is -0.371 e. The molecule has 10 heteroatoms. The van der Waals surface area contributed by atoms with Crippen molar-refractivity contribution in [1.29, 1.82) is 0 Å². The quantitative estimate of drug-likeness (QED) is 0.498. The third kappa shape index (κ3) is 2.63. The van der Waals surface area contributed by atoms with Crippen molar-refractivity contribution in [2.24, 2.45) is 18.9 Å². The lowest BCUT2D eigenvalue weighted by Crippen LogP contribution is -2.24. The summed E-state index contributed by atoms with van der Waals surface area (Å²) in [5, 5.41) is 4.20. The molecule has 30 heavy (non-hydrogen) atoms. The van der Waals surface area contributed by atoms with Crippen molar-refractivity contribution in [2.45, 2.75) is 19.4 Å². The molecule has 4 aromatic heterocycles. The normalized spacial score (nSPS) is 22.6. The van der Waals surface area contributed by atoms with Crippen LogP contribution in [0.1, 0.15) is 23.3 Å². The molecule has 0 N–H and O–H groups in total. The minimum absolute atomic E-state index is 0.175. The van der Waals surface area contributed by atoms with Gasteiger partial charge in [0.25, 0.3) is 5.56 Å². The summed E-state index contributed by atoms with van der Waals surface area (Å²) in [6.45, 7) is 4.19. The van der Waals surface area contributed by atoms with Crippen LogP contribution >= 0.6 is 0 Å². The number of fused-ring (bicyclic) bond motifs is 2. The van der Waals surface area contributed by atoms with E-state index in [0.29, 0.717) is 34.8 Å². The molecule has 0 amide bonds. The van der Waals surface area contributed by atoms with E-state index in [1.54, 1.807) is 17.9 Å². The molecular weight excluding hydrogens is 384 g/mol. The van der Waals surface area contributed by atoms with E-state index in [-0.39, 0.29) is 12.1 Å². The van der Waals surface area contributed by atoms with Crippen LogP contribution in [0, 0.1) is 18.8 Å². The standard InChI is InChI=1S/C20H20N8O2/c1-11-5-12(3-4-21-11)27-6-13-14(7-27)16(13)18-24-15(30-25-18)8-28-10-23-19-17(20(28)29)26(2)9-22-19/h3-5,9-10,13-14,16H,6-8H2,1-2H3. The average molecular weight is 404 g/mol. The topological polar surface area (TPSA) is 108 Å². The van der Waals surface area contributed by atoms with Crippen LogP contribution in [0.3, 0.4) is 0 Å². The first kappa shape index (κ1) is 17.3. The van der Waals surface area contributed by atoms with Gasteiger partial charge in [-0.15, -0.1) is 0 Å². The number of pyridine rings is 1. The zero-order valence-electron chi connectivity index (χ0n) is 16.6. The van der Waals surface area contributed by atoms with Crippen molar-refractivity contribution in [3.63, 3.8) is 0 Å². The van der Waals surface area contributed by atoms with E-state index in [1.807, 2.05) is 13.1 Å². The smallest absolute Gasteiger partial charge is 0.280 e. The van der Waals surface area contributed by atoms with Gasteiger partial charge in [-0.25, -0.2) is 9.97 Å². The molecule has 1 aliphatic heterocycles. The Kier molecular flexibility index (Phi) is 3.59. The molecule has 0 aromatic carbocycles. The maximum Gasteiger partial charge on any atom is 0.280 e. The molecular formula is C20H20N8O2. The lowest BCUT2D eigenvalue weighted by atomic mass is 10.2. The molecule has 0 bridgehead atoms. The van der Waals surface area contributed by atoms with Crippen LogP contribution in [0.15, 0.2) is 40.3 Å². The molecule has 0 spiro atoms. The molecule has 6 rings (SSSR count). The Morgan fingerprint density at radius 1 is 1.17 bits per heavy atom. The van der Waals surface area contributed by atoms with Crippen molar-refractivity contribution in [1.82, 2.24) is 34.2 Å². The Hall–Kier alpha value is -3.56. The average Bonchev–Trinajstić information content (AvgIpc) is 3.16. The summed E-state index contributed by atoms with van der Waals surface area (Å²) in [6.07, 6.45) is 4.91. The number of anilines is 1. The van der Waals surface area contributed by atoms with E-state index in [0.717, 1.165) is 24.6 Å². The SMILES string of the molecule is Cc1cc(N2CC3C(C2)C3c2noc(Cn3cnc4ncn(C)c4c3=O)n2)ccn1. The van der Waals surface area contributed by atoms with E-state index in [9.17, 15) is 4.79 Å². The van der Waals surface area contributed by atoms with Crippen LogP contribution in [0.2, 0.25) is 0 Å². The van der Waals surface area contributed by atoms with Crippen LogP contribution in [0.5, 0.6) is 0 Å². The van der Waals surface area contributed by atoms with Crippen LogP contribution in [-0.4, -0.2) is 47.3 Å². The molecule has 152 valence electrons. The second kappa shape index (κ2) is 6.22. The number of rotatable bonds is 4. The first-order chi connectivity index (χ1) is 14.6. The first-order valence-corrected chi connectivity index (χ1v) is 9.95. The Morgan fingerprint density at radius 3 is 2.77 bits per heavy atom. The largest absolute Gasteiger partial charge is 0.371 e. The molecule has 2 unspecified atom stereocenters. The van der Waals surface area contributed by atoms with Crippen molar-refractivity contribution < 1.29 is 4.52 Å². The number of hydrogen-bond acceptors (Lipinski definition) is 8. The monoisotopic (exact) mass is 404 g/mol. The summed E-state index contributed by atoms with van der Waals surface area (Å²) in [7, 11) is 1.77. The second-order valence-electron chi connectivity index (χ2n) is 8.17. The summed E-state index contributed by atoms with van der Waals surface area (Å²) >= 11 is 0. The Balaban J connectivity index is 1.17. The molecule has 4 aromatic rings. The number of aromatic nitrogens is 7. The number of aryl methyl sites for hydroxylation is 2. The maximum absolute atomic E-state index is 12.7. The second-order valence-corrected chi connectivity index (χ2v) is 8.17. The number of hydrogen-bond donors (Lipinski definition) is 0. The van der Waals surface area contributed by atoms with Gasteiger partial charge in [0.05, 0.1) is 6.33 Å². The van der Waals surface area contributed by atoms with Gasteiger partial charge in [-0.1, -0.05) is 5.16 Å². The Bertz CT molecular complexity index is 1310. The molecule has 1 saturated carbocycles. The fraction of sp³-hybridized carbons (Fsp3) is 0.400. The molecule has 2 atom stereocenters. The molecule has 1 saturated heterocycles. The Morgan fingerprint density at radius 2 is 1.97 bits per heavy atom. The van der Waals surface area contributed by atoms with E-state index >= 15 is 0 Å². The van der Waals surface area contributed by atoms with Crippen LogP contribution in [-0.2, 0) is 13.6 Å². The molecule has 1 aliphatic carbocycles. The summed E-state index contributed by atoms with van der Waals surface area (Å²) in [5.74, 6) is 2.57. The van der Waals surface area contributed by atoms with Gasteiger partial charge in [0.15, 0.2) is 17.0 Å². The maximum atomic E-state index is 12.7. The van der Waals surface area contributed by atoms with Gasteiger partial charge >= 0.3 is 0 Å². The molecule has 0 radical (unpaired) electrons. The van der Waals surface area contributed by atoms with E-state index < -0.39 is 0 Å². The highest BCUT2D eigenvalue weighted by Crippen LogP contribution is 2.57. The van der Waals surface area contributed by atoms with E-state index in [1.165, 1.54) is 16.6 Å². The van der Waals surface area contributed by atoms with Gasteiger partial charge in [-0.05, 0) is 30.9 Å². The summed E-state index contributed by atoms with van der Waals surface area (Å²) in [6, 6.07) is 4.18. The number of imidazole rings is 1. The van der Waals surface area contributed by atoms with Gasteiger partial charge < -0.3 is 14.0 Å². The third-order valence-corrected chi connectivity index (χ3v) is 6.23. The summed E-state index contributed by atoms with van der Waals surface area (Å²) in [4.78, 5) is 32.3. The van der Waals surface area contributed by atoms with Crippen LogP contribution in [0.4, 0.5) is 5.69 Å². The highest BCUT2D eigenvalue weighted by Gasteiger charge is 2.58. The predicted molar refractivity (Wildman–Crippen MR) is 107 cm³/mol. The zero-order chi connectivity index (χ0) is 20.4. The predicted octanol–water partition coefficient (Wildman–Crippen LogP) is 1.11. The lowest BCUT2D eigenvalue weighted by molar-refractivity contribution is 0.363. The van der Waals surface area contributed by atoms with Gasteiger partial charge in [0.1, 0.15) is 12.9 Å². The number of piperidine rings is 1. The van der Waals surface area contributed by atoms with Gasteiger partial charge in [-0.2, -0.15) is 4.98 Å². The number of nitrogens with zero attached hydrogens (tertiary/aromatic N) is 8. The Labute approximate surface area is 171 Å². The van der Waals surface area contributed by atoms with Crippen molar-refractivity contribution in [3.05, 3.63) is 58.7 Å². The molecule has 2 aliphatic rings. The van der Waals surface area contributed by atoms with Crippen molar-refractivity contribution in [3.8, 4) is 0 Å². The first-order valence-electron chi connectivity index (χ1n) is 9.95.